The summed E-state index contributed by atoms with van der Waals surface area (Å²) >= 11 is 0. The molecule has 0 aliphatic heterocycles. The number of nitrogens with zero attached hydrogens (tertiary/aromatic N) is 1. The number of nitrogens with one attached hydrogen (secondary N) is 1. The van der Waals surface area contributed by atoms with E-state index in [-0.39, 0.29) is 0 Å². The molecule has 0 atom stereocenters. The molecule has 4 rings (SSSR count). The fourth-order valence-corrected chi connectivity index (χ4v) is 3.07. The van der Waals surface area contributed by atoms with Gasteiger partial charge in [-0.1, -0.05) is 13.0 Å². The minimum absolute atomic E-state index is 0.883. The summed E-state index contributed by atoms with van der Waals surface area (Å²) in [5.41, 5.74) is 3.61. The molecule has 1 N–H and O–H groups in total. The van der Waals surface area contributed by atoms with Crippen LogP contribution in [0.4, 0.5) is 0 Å². The van der Waals surface area contributed by atoms with Gasteiger partial charge in [-0.3, -0.25) is 4.98 Å². The molecule has 0 unspecified atom stereocenters. The van der Waals surface area contributed by atoms with Crippen molar-refractivity contribution in [2.75, 3.05) is 7.11 Å². The Balaban J connectivity index is 2.19. The van der Waals surface area contributed by atoms with Crippen molar-refractivity contribution in [3.05, 3.63) is 48.3 Å². The Morgan fingerprint density at radius 2 is 2.00 bits per heavy atom. The van der Waals surface area contributed by atoms with Crippen molar-refractivity contribution < 1.29 is 4.74 Å². The fraction of sp³-hybridized carbons (Fsp3) is 0.167. The number of aromatic amines is 1. The number of pyridine rings is 1. The molecule has 0 aliphatic rings. The van der Waals surface area contributed by atoms with Crippen molar-refractivity contribution in [3.8, 4) is 5.75 Å². The van der Waals surface area contributed by atoms with Gasteiger partial charge in [0.15, 0.2) is 0 Å². The summed E-state index contributed by atoms with van der Waals surface area (Å²) in [6.07, 6.45) is 4.88. The Kier molecular flexibility index (Phi) is 2.61. The van der Waals surface area contributed by atoms with Crippen molar-refractivity contribution >= 4 is 32.6 Å². The number of hydrogen-bond donors (Lipinski definition) is 1. The molecule has 0 spiro atoms. The van der Waals surface area contributed by atoms with Crippen LogP contribution in [0.1, 0.15) is 12.5 Å². The summed E-state index contributed by atoms with van der Waals surface area (Å²) in [6.45, 7) is 2.16. The molecular formula is C18H16N2O. The molecule has 2 aromatic carbocycles. The number of rotatable bonds is 2. The number of aromatic nitrogens is 2. The monoisotopic (exact) mass is 276 g/mol. The van der Waals surface area contributed by atoms with Crippen LogP contribution in [0.25, 0.3) is 32.6 Å². The van der Waals surface area contributed by atoms with E-state index >= 15 is 0 Å². The minimum atomic E-state index is 0.883. The smallest absolute Gasteiger partial charge is 0.119 e. The molecular weight excluding hydrogens is 260 g/mol. The highest BCUT2D eigenvalue weighted by molar-refractivity contribution is 6.20. The van der Waals surface area contributed by atoms with Crippen LogP contribution >= 0.6 is 0 Å². The summed E-state index contributed by atoms with van der Waals surface area (Å²) < 4.78 is 5.32. The van der Waals surface area contributed by atoms with E-state index in [2.05, 4.69) is 41.2 Å². The maximum absolute atomic E-state index is 5.32. The Hall–Kier alpha value is -2.55. The van der Waals surface area contributed by atoms with Crippen LogP contribution < -0.4 is 4.74 Å². The average Bonchev–Trinajstić information content (AvgIpc) is 2.93. The number of methoxy groups -OCH3 is 1. The zero-order valence-electron chi connectivity index (χ0n) is 12.1. The first-order valence-electron chi connectivity index (χ1n) is 7.17. The van der Waals surface area contributed by atoms with Gasteiger partial charge in [0.2, 0.25) is 0 Å². The molecule has 0 amide bonds. The molecule has 2 aromatic heterocycles. The van der Waals surface area contributed by atoms with Crippen LogP contribution in [0.5, 0.6) is 5.75 Å². The summed E-state index contributed by atoms with van der Waals surface area (Å²) in [4.78, 5) is 7.95. The molecule has 0 bridgehead atoms. The first kappa shape index (κ1) is 12.2. The molecule has 4 aromatic rings. The number of H-pyrrole nitrogens is 1. The van der Waals surface area contributed by atoms with E-state index < -0.39 is 0 Å². The first-order valence-corrected chi connectivity index (χ1v) is 7.17. The largest absolute Gasteiger partial charge is 0.497 e. The van der Waals surface area contributed by atoms with Crippen LogP contribution in [0.15, 0.2) is 42.7 Å². The number of fused-ring (bicyclic) bond motifs is 5. The van der Waals surface area contributed by atoms with E-state index in [4.69, 9.17) is 4.74 Å². The molecule has 21 heavy (non-hydrogen) atoms. The second-order valence-corrected chi connectivity index (χ2v) is 5.27. The SMILES string of the molecule is CCc1cncc2c1[nH]c1ccc3cc(OC)ccc3c12. The quantitative estimate of drug-likeness (QED) is 0.587. The van der Waals surface area contributed by atoms with Crippen LogP contribution in [0, 0.1) is 0 Å². The predicted octanol–water partition coefficient (Wildman–Crippen LogP) is 4.44. The van der Waals surface area contributed by atoms with Gasteiger partial charge in [0.1, 0.15) is 5.75 Å². The number of hydrogen-bond acceptors (Lipinski definition) is 2. The van der Waals surface area contributed by atoms with E-state index in [1.165, 1.54) is 32.6 Å². The zero-order chi connectivity index (χ0) is 14.4. The van der Waals surface area contributed by atoms with Gasteiger partial charge in [0, 0.05) is 28.7 Å². The lowest BCUT2D eigenvalue weighted by Crippen LogP contribution is -1.84. The van der Waals surface area contributed by atoms with Gasteiger partial charge in [-0.2, -0.15) is 0 Å². The Morgan fingerprint density at radius 1 is 1.10 bits per heavy atom. The molecule has 2 heterocycles. The Labute approximate surface area is 122 Å². The van der Waals surface area contributed by atoms with Crippen LogP contribution in [0.3, 0.4) is 0 Å². The number of ether oxygens (including phenoxy) is 1. The van der Waals surface area contributed by atoms with Gasteiger partial charge >= 0.3 is 0 Å². The fourth-order valence-electron chi connectivity index (χ4n) is 3.07. The molecule has 104 valence electrons. The molecule has 3 heteroatoms. The van der Waals surface area contributed by atoms with Crippen molar-refractivity contribution in [1.29, 1.82) is 0 Å². The average molecular weight is 276 g/mol. The highest BCUT2D eigenvalue weighted by atomic mass is 16.5. The molecule has 0 radical (unpaired) electrons. The van der Waals surface area contributed by atoms with Gasteiger partial charge in [-0.25, -0.2) is 0 Å². The summed E-state index contributed by atoms with van der Waals surface area (Å²) in [7, 11) is 1.70. The summed E-state index contributed by atoms with van der Waals surface area (Å²) in [5.74, 6) is 0.883. The van der Waals surface area contributed by atoms with Crippen LogP contribution in [-0.4, -0.2) is 17.1 Å². The second kappa shape index (κ2) is 4.48. The normalized spacial score (nSPS) is 11.5. The second-order valence-electron chi connectivity index (χ2n) is 5.27. The van der Waals surface area contributed by atoms with Gasteiger partial charge in [-0.05, 0) is 47.0 Å². The van der Waals surface area contributed by atoms with Gasteiger partial charge in [0.05, 0.1) is 12.6 Å². The summed E-state index contributed by atoms with van der Waals surface area (Å²) in [6, 6.07) is 10.5. The van der Waals surface area contributed by atoms with Gasteiger partial charge in [0.25, 0.3) is 0 Å². The molecule has 0 aliphatic carbocycles. The highest BCUT2D eigenvalue weighted by Gasteiger charge is 2.11. The lowest BCUT2D eigenvalue weighted by atomic mass is 10.0. The molecule has 3 nitrogen and oxygen atoms in total. The van der Waals surface area contributed by atoms with Crippen molar-refractivity contribution in [1.82, 2.24) is 9.97 Å². The highest BCUT2D eigenvalue weighted by Crippen LogP contribution is 2.34. The maximum atomic E-state index is 5.32. The van der Waals surface area contributed by atoms with Crippen LogP contribution in [0.2, 0.25) is 0 Å². The van der Waals surface area contributed by atoms with E-state index in [0.29, 0.717) is 0 Å². The standard InChI is InChI=1S/C18H16N2O/c1-3-11-9-19-10-15-17-14-6-5-13(21-2)8-12(14)4-7-16(17)20-18(11)15/h4-10,20H,3H2,1-2H3. The van der Waals surface area contributed by atoms with Gasteiger partial charge in [-0.15, -0.1) is 0 Å². The van der Waals surface area contributed by atoms with Crippen molar-refractivity contribution in [2.24, 2.45) is 0 Å². The predicted molar refractivity (Wildman–Crippen MR) is 87.0 cm³/mol. The molecule has 0 saturated carbocycles. The van der Waals surface area contributed by atoms with E-state index in [1.807, 2.05) is 18.5 Å². The maximum Gasteiger partial charge on any atom is 0.119 e. The molecule has 0 fully saturated rings. The van der Waals surface area contributed by atoms with E-state index in [0.717, 1.165) is 17.7 Å². The lowest BCUT2D eigenvalue weighted by Gasteiger charge is -2.04. The minimum Gasteiger partial charge on any atom is -0.497 e. The first-order chi connectivity index (χ1) is 10.3. The van der Waals surface area contributed by atoms with E-state index in [9.17, 15) is 0 Å². The van der Waals surface area contributed by atoms with Crippen LogP contribution in [-0.2, 0) is 6.42 Å². The number of benzene rings is 2. The topological polar surface area (TPSA) is 37.9 Å². The number of aryl methyl sites for hydroxylation is 1. The van der Waals surface area contributed by atoms with Crippen molar-refractivity contribution in [2.45, 2.75) is 13.3 Å². The summed E-state index contributed by atoms with van der Waals surface area (Å²) in [5, 5.41) is 4.85. The van der Waals surface area contributed by atoms with Crippen molar-refractivity contribution in [3.63, 3.8) is 0 Å². The lowest BCUT2D eigenvalue weighted by molar-refractivity contribution is 0.415. The Bertz CT molecular complexity index is 969. The molecule has 0 saturated heterocycles. The third-order valence-corrected chi connectivity index (χ3v) is 4.16. The van der Waals surface area contributed by atoms with E-state index in [1.54, 1.807) is 7.11 Å². The third-order valence-electron chi connectivity index (χ3n) is 4.16. The van der Waals surface area contributed by atoms with Gasteiger partial charge < -0.3 is 9.72 Å². The third kappa shape index (κ3) is 1.70. The Morgan fingerprint density at radius 3 is 2.81 bits per heavy atom. The zero-order valence-corrected chi connectivity index (χ0v) is 12.1.